The maximum Gasteiger partial charge on any atom is 0.238 e. The minimum atomic E-state index is -0.611. The monoisotopic (exact) mass is 295 g/mol. The first-order chi connectivity index (χ1) is 10.1. The van der Waals surface area contributed by atoms with Gasteiger partial charge in [-0.05, 0) is 45.1 Å². The van der Waals surface area contributed by atoms with E-state index < -0.39 is 17.8 Å². The number of carbonyl (C=O) groups is 1. The average Bonchev–Trinajstić information content (AvgIpc) is 2.82. The molecule has 0 saturated carbocycles. The molecule has 0 aliphatic carbocycles. The van der Waals surface area contributed by atoms with E-state index in [0.717, 1.165) is 32.0 Å². The summed E-state index contributed by atoms with van der Waals surface area (Å²) >= 11 is 0. The Morgan fingerprint density at radius 1 is 1.24 bits per heavy atom. The Balaban J connectivity index is 1.85. The van der Waals surface area contributed by atoms with Gasteiger partial charge in [-0.2, -0.15) is 0 Å². The van der Waals surface area contributed by atoms with Crippen LogP contribution in [-0.2, 0) is 4.79 Å². The standard InChI is InChI=1S/C15H19F2N3O/c1-19-6-4-11(5-7-19)20-14(21)9-18-15(20)12-3-2-10(16)8-13(12)17/h2-3,8,11,15,18H,4-7,9H2,1H3. The van der Waals surface area contributed by atoms with Gasteiger partial charge in [-0.3, -0.25) is 10.1 Å². The van der Waals surface area contributed by atoms with Crippen LogP contribution in [0.1, 0.15) is 24.6 Å². The lowest BCUT2D eigenvalue weighted by Gasteiger charge is -2.38. The number of halogens is 2. The number of hydrogen-bond acceptors (Lipinski definition) is 3. The smallest absolute Gasteiger partial charge is 0.238 e. The number of carbonyl (C=O) groups excluding carboxylic acids is 1. The maximum atomic E-state index is 14.0. The SMILES string of the molecule is CN1CCC(N2C(=O)CNC2c2ccc(F)cc2F)CC1. The zero-order valence-corrected chi connectivity index (χ0v) is 12.0. The molecule has 0 radical (unpaired) electrons. The first-order valence-electron chi connectivity index (χ1n) is 7.24. The van der Waals surface area contributed by atoms with E-state index in [4.69, 9.17) is 0 Å². The normalized spacial score (nSPS) is 24.8. The van der Waals surface area contributed by atoms with E-state index in [1.54, 1.807) is 4.90 Å². The van der Waals surface area contributed by atoms with Crippen LogP contribution in [0.25, 0.3) is 0 Å². The van der Waals surface area contributed by atoms with Gasteiger partial charge in [0.1, 0.15) is 17.8 Å². The highest BCUT2D eigenvalue weighted by molar-refractivity contribution is 5.81. The first-order valence-corrected chi connectivity index (χ1v) is 7.24. The summed E-state index contributed by atoms with van der Waals surface area (Å²) in [5, 5.41) is 3.04. The summed E-state index contributed by atoms with van der Waals surface area (Å²) in [6, 6.07) is 3.63. The second-order valence-electron chi connectivity index (χ2n) is 5.78. The van der Waals surface area contributed by atoms with Crippen molar-refractivity contribution in [2.45, 2.75) is 25.0 Å². The number of likely N-dealkylation sites (tertiary alicyclic amines) is 1. The Labute approximate surface area is 122 Å². The predicted octanol–water partition coefficient (Wildman–Crippen LogP) is 1.49. The third kappa shape index (κ3) is 2.78. The van der Waals surface area contributed by atoms with Crippen LogP contribution in [0.5, 0.6) is 0 Å². The number of benzene rings is 1. The highest BCUT2D eigenvalue weighted by Crippen LogP contribution is 2.30. The van der Waals surface area contributed by atoms with E-state index in [1.165, 1.54) is 12.1 Å². The zero-order chi connectivity index (χ0) is 15.0. The summed E-state index contributed by atoms with van der Waals surface area (Å²) in [4.78, 5) is 16.1. The van der Waals surface area contributed by atoms with Crippen molar-refractivity contribution in [2.75, 3.05) is 26.7 Å². The lowest BCUT2D eigenvalue weighted by atomic mass is 10.0. The Hall–Kier alpha value is -1.53. The third-order valence-electron chi connectivity index (χ3n) is 4.35. The molecule has 2 aliphatic heterocycles. The van der Waals surface area contributed by atoms with Crippen molar-refractivity contribution in [1.29, 1.82) is 0 Å². The molecule has 2 fully saturated rings. The Morgan fingerprint density at radius 2 is 1.95 bits per heavy atom. The Morgan fingerprint density at radius 3 is 2.62 bits per heavy atom. The molecule has 6 heteroatoms. The molecule has 0 bridgehead atoms. The van der Waals surface area contributed by atoms with Gasteiger partial charge >= 0.3 is 0 Å². The molecule has 3 rings (SSSR count). The van der Waals surface area contributed by atoms with Crippen molar-refractivity contribution >= 4 is 5.91 Å². The topological polar surface area (TPSA) is 35.6 Å². The largest absolute Gasteiger partial charge is 0.319 e. The van der Waals surface area contributed by atoms with E-state index in [2.05, 4.69) is 17.3 Å². The van der Waals surface area contributed by atoms with Crippen molar-refractivity contribution in [3.05, 3.63) is 35.4 Å². The molecule has 1 atom stereocenters. The highest BCUT2D eigenvalue weighted by Gasteiger charge is 2.38. The van der Waals surface area contributed by atoms with E-state index in [-0.39, 0.29) is 18.5 Å². The molecule has 0 spiro atoms. The number of hydrogen-bond donors (Lipinski definition) is 1. The van der Waals surface area contributed by atoms with Gasteiger partial charge in [0.25, 0.3) is 0 Å². The number of rotatable bonds is 2. The molecule has 4 nitrogen and oxygen atoms in total. The van der Waals surface area contributed by atoms with Crippen LogP contribution < -0.4 is 5.32 Å². The van der Waals surface area contributed by atoms with Gasteiger partial charge in [0, 0.05) is 17.7 Å². The second kappa shape index (κ2) is 5.69. The van der Waals surface area contributed by atoms with Crippen molar-refractivity contribution in [3.63, 3.8) is 0 Å². The van der Waals surface area contributed by atoms with E-state index in [9.17, 15) is 13.6 Å². The fourth-order valence-electron chi connectivity index (χ4n) is 3.19. The molecule has 0 aromatic heterocycles. The minimum Gasteiger partial charge on any atom is -0.319 e. The lowest BCUT2D eigenvalue weighted by Crippen LogP contribution is -2.46. The lowest BCUT2D eigenvalue weighted by molar-refractivity contribution is -0.131. The van der Waals surface area contributed by atoms with Gasteiger partial charge in [-0.15, -0.1) is 0 Å². The van der Waals surface area contributed by atoms with Gasteiger partial charge in [0.05, 0.1) is 6.54 Å². The van der Waals surface area contributed by atoms with Crippen LogP contribution >= 0.6 is 0 Å². The summed E-state index contributed by atoms with van der Waals surface area (Å²) < 4.78 is 27.1. The maximum absolute atomic E-state index is 14.0. The molecule has 1 aromatic rings. The summed E-state index contributed by atoms with van der Waals surface area (Å²) in [5.74, 6) is -1.23. The molecule has 2 saturated heterocycles. The molecule has 114 valence electrons. The van der Waals surface area contributed by atoms with Crippen LogP contribution in [-0.4, -0.2) is 48.4 Å². The molecule has 2 heterocycles. The van der Waals surface area contributed by atoms with Gasteiger partial charge in [-0.25, -0.2) is 8.78 Å². The van der Waals surface area contributed by atoms with E-state index in [0.29, 0.717) is 5.56 Å². The van der Waals surface area contributed by atoms with E-state index in [1.807, 2.05) is 0 Å². The summed E-state index contributed by atoms with van der Waals surface area (Å²) in [5.41, 5.74) is 0.334. The number of nitrogens with zero attached hydrogens (tertiary/aromatic N) is 2. The molecule has 1 amide bonds. The van der Waals surface area contributed by atoms with Crippen LogP contribution in [0, 0.1) is 11.6 Å². The number of piperidine rings is 1. The molecule has 1 unspecified atom stereocenters. The quantitative estimate of drug-likeness (QED) is 0.898. The molecule has 1 N–H and O–H groups in total. The molecule has 21 heavy (non-hydrogen) atoms. The van der Waals surface area contributed by atoms with Gasteiger partial charge < -0.3 is 9.80 Å². The van der Waals surface area contributed by atoms with Crippen LogP contribution in [0.2, 0.25) is 0 Å². The van der Waals surface area contributed by atoms with Crippen molar-refractivity contribution in [3.8, 4) is 0 Å². The third-order valence-corrected chi connectivity index (χ3v) is 4.35. The Kier molecular flexibility index (Phi) is 3.91. The van der Waals surface area contributed by atoms with Crippen LogP contribution in [0.15, 0.2) is 18.2 Å². The molecular formula is C15H19F2N3O. The average molecular weight is 295 g/mol. The van der Waals surface area contributed by atoms with Gasteiger partial charge in [0.15, 0.2) is 0 Å². The number of amides is 1. The van der Waals surface area contributed by atoms with Crippen LogP contribution in [0.3, 0.4) is 0 Å². The van der Waals surface area contributed by atoms with E-state index >= 15 is 0 Å². The predicted molar refractivity (Wildman–Crippen MR) is 74.5 cm³/mol. The molecule has 2 aliphatic rings. The van der Waals surface area contributed by atoms with Crippen molar-refractivity contribution in [2.24, 2.45) is 0 Å². The molecular weight excluding hydrogens is 276 g/mol. The van der Waals surface area contributed by atoms with Crippen LogP contribution in [0.4, 0.5) is 8.78 Å². The molecule has 1 aromatic carbocycles. The number of nitrogens with one attached hydrogen (secondary N) is 1. The van der Waals surface area contributed by atoms with Crippen molar-refractivity contribution < 1.29 is 13.6 Å². The van der Waals surface area contributed by atoms with Gasteiger partial charge in [0.2, 0.25) is 5.91 Å². The summed E-state index contributed by atoms with van der Waals surface area (Å²) in [6.45, 7) is 2.05. The Bertz CT molecular complexity index is 544. The van der Waals surface area contributed by atoms with Crippen molar-refractivity contribution in [1.82, 2.24) is 15.1 Å². The fraction of sp³-hybridized carbons (Fsp3) is 0.533. The highest BCUT2D eigenvalue weighted by atomic mass is 19.1. The zero-order valence-electron chi connectivity index (χ0n) is 12.0. The summed E-state index contributed by atoms with van der Waals surface area (Å²) in [6.07, 6.45) is 1.26. The minimum absolute atomic E-state index is 0.0155. The van der Waals surface area contributed by atoms with Gasteiger partial charge in [-0.1, -0.05) is 0 Å². The second-order valence-corrected chi connectivity index (χ2v) is 5.78. The fourth-order valence-corrected chi connectivity index (χ4v) is 3.19. The summed E-state index contributed by atoms with van der Waals surface area (Å²) in [7, 11) is 2.05. The first kappa shape index (κ1) is 14.4.